The molecule has 0 radical (unpaired) electrons. The van der Waals surface area contributed by atoms with Crippen LogP contribution in [0.1, 0.15) is 5.56 Å². The molecule has 0 unspecified atom stereocenters. The van der Waals surface area contributed by atoms with E-state index in [1.54, 1.807) is 18.2 Å². The van der Waals surface area contributed by atoms with Gasteiger partial charge in [-0.15, -0.1) is 0 Å². The lowest BCUT2D eigenvalue weighted by atomic mass is 10.2. The number of nitrogens with two attached hydrogens (primary N) is 1. The number of rotatable bonds is 3. The first kappa shape index (κ1) is 14.6. The first-order valence-corrected chi connectivity index (χ1v) is 7.42. The number of carbonyl (C=O) groups is 2. The number of imide groups is 1. The Bertz CT molecular complexity index is 577. The van der Waals surface area contributed by atoms with E-state index in [2.05, 4.69) is 15.9 Å². The maximum Gasteiger partial charge on any atom is 0.293 e. The van der Waals surface area contributed by atoms with Gasteiger partial charge in [-0.3, -0.25) is 14.5 Å². The molecule has 2 rings (SSSR count). The molecule has 1 aromatic carbocycles. The molecule has 0 saturated carbocycles. The van der Waals surface area contributed by atoms with Crippen LogP contribution in [0.2, 0.25) is 5.02 Å². The fourth-order valence-corrected chi connectivity index (χ4v) is 3.17. The van der Waals surface area contributed by atoms with E-state index < -0.39 is 0 Å². The summed E-state index contributed by atoms with van der Waals surface area (Å²) < 4.78 is 0.853. The second kappa shape index (κ2) is 6.09. The quantitative estimate of drug-likeness (QED) is 0.840. The summed E-state index contributed by atoms with van der Waals surface area (Å²) in [5, 5.41) is 0.218. The molecule has 2 amide bonds. The number of thioether (sulfide) groups is 1. The molecule has 0 aliphatic carbocycles. The van der Waals surface area contributed by atoms with Gasteiger partial charge in [-0.05, 0) is 35.5 Å². The molecule has 19 heavy (non-hydrogen) atoms. The summed E-state index contributed by atoms with van der Waals surface area (Å²) in [7, 11) is 0. The van der Waals surface area contributed by atoms with E-state index in [1.807, 2.05) is 6.07 Å². The van der Waals surface area contributed by atoms with Gasteiger partial charge in [0.2, 0.25) is 0 Å². The van der Waals surface area contributed by atoms with E-state index in [4.69, 9.17) is 17.3 Å². The molecule has 1 heterocycles. The summed E-state index contributed by atoms with van der Waals surface area (Å²) in [4.78, 5) is 25.1. The molecule has 1 aromatic rings. The minimum atomic E-state index is -0.320. The van der Waals surface area contributed by atoms with Gasteiger partial charge in [0, 0.05) is 22.6 Å². The van der Waals surface area contributed by atoms with Crippen LogP contribution in [0.4, 0.5) is 4.79 Å². The Balaban J connectivity index is 2.30. The van der Waals surface area contributed by atoms with Crippen LogP contribution in [0, 0.1) is 0 Å². The predicted octanol–water partition coefficient (Wildman–Crippen LogP) is 3.10. The maximum atomic E-state index is 12.0. The van der Waals surface area contributed by atoms with E-state index in [0.29, 0.717) is 15.5 Å². The Morgan fingerprint density at radius 3 is 2.79 bits per heavy atom. The Kier molecular flexibility index (Phi) is 4.67. The summed E-state index contributed by atoms with van der Waals surface area (Å²) in [5.41, 5.74) is 6.07. The van der Waals surface area contributed by atoms with Crippen LogP contribution in [0.15, 0.2) is 27.6 Å². The third-order valence-electron chi connectivity index (χ3n) is 2.48. The van der Waals surface area contributed by atoms with Crippen molar-refractivity contribution in [3.05, 3.63) is 38.2 Å². The van der Waals surface area contributed by atoms with Crippen molar-refractivity contribution in [1.82, 2.24) is 4.90 Å². The molecule has 4 nitrogen and oxygen atoms in total. The minimum absolute atomic E-state index is 0.232. The number of hydrogen-bond acceptors (Lipinski definition) is 4. The lowest BCUT2D eigenvalue weighted by Crippen LogP contribution is -2.33. The van der Waals surface area contributed by atoms with Crippen molar-refractivity contribution < 1.29 is 9.59 Å². The molecule has 2 N–H and O–H groups in total. The highest BCUT2D eigenvalue weighted by molar-refractivity contribution is 9.10. The van der Waals surface area contributed by atoms with Gasteiger partial charge in [0.15, 0.2) is 0 Å². The topological polar surface area (TPSA) is 63.4 Å². The number of nitrogens with zero attached hydrogens (tertiary/aromatic N) is 1. The molecular weight excluding hydrogens is 352 g/mol. The first-order chi connectivity index (χ1) is 9.02. The monoisotopic (exact) mass is 360 g/mol. The van der Waals surface area contributed by atoms with Crippen LogP contribution in [0.25, 0.3) is 6.08 Å². The molecule has 1 fully saturated rings. The van der Waals surface area contributed by atoms with Crippen LogP contribution < -0.4 is 5.73 Å². The van der Waals surface area contributed by atoms with Gasteiger partial charge < -0.3 is 5.73 Å². The summed E-state index contributed by atoms with van der Waals surface area (Å²) in [6, 6.07) is 5.34. The Hall–Kier alpha value is -0.820. The van der Waals surface area contributed by atoms with Crippen LogP contribution in [0.3, 0.4) is 0 Å². The number of carbonyl (C=O) groups excluding carboxylic acids is 2. The number of amides is 2. The average Bonchev–Trinajstić information content (AvgIpc) is 2.61. The molecule has 0 atom stereocenters. The molecule has 0 bridgehead atoms. The number of benzene rings is 1. The van der Waals surface area contributed by atoms with Gasteiger partial charge in [0.1, 0.15) is 0 Å². The second-order valence-corrected chi connectivity index (χ2v) is 6.10. The smallest absolute Gasteiger partial charge is 0.293 e. The zero-order valence-corrected chi connectivity index (χ0v) is 12.9. The summed E-state index contributed by atoms with van der Waals surface area (Å²) >= 11 is 10.3. The maximum absolute atomic E-state index is 12.0. The molecule has 0 spiro atoms. The van der Waals surface area contributed by atoms with Gasteiger partial charge in [-0.1, -0.05) is 33.6 Å². The zero-order valence-electron chi connectivity index (χ0n) is 9.73. The van der Waals surface area contributed by atoms with Crippen molar-refractivity contribution >= 4 is 56.5 Å². The van der Waals surface area contributed by atoms with Crippen LogP contribution in [0.5, 0.6) is 0 Å². The highest BCUT2D eigenvalue weighted by atomic mass is 79.9. The molecule has 0 aromatic heterocycles. The Morgan fingerprint density at radius 2 is 2.16 bits per heavy atom. The van der Waals surface area contributed by atoms with Gasteiger partial charge >= 0.3 is 0 Å². The molecule has 7 heteroatoms. The summed E-state index contributed by atoms with van der Waals surface area (Å²) in [6.45, 7) is 0.487. The third-order valence-corrected chi connectivity index (χ3v) is 4.20. The van der Waals surface area contributed by atoms with Crippen molar-refractivity contribution in [3.8, 4) is 0 Å². The first-order valence-electron chi connectivity index (χ1n) is 5.43. The van der Waals surface area contributed by atoms with Gasteiger partial charge in [0.05, 0.1) is 4.91 Å². The van der Waals surface area contributed by atoms with Crippen molar-refractivity contribution in [3.63, 3.8) is 0 Å². The highest BCUT2D eigenvalue weighted by Gasteiger charge is 2.34. The van der Waals surface area contributed by atoms with Crippen molar-refractivity contribution in [2.45, 2.75) is 0 Å². The summed E-state index contributed by atoms with van der Waals surface area (Å²) in [5.74, 6) is -0.320. The largest absolute Gasteiger partial charge is 0.329 e. The van der Waals surface area contributed by atoms with Crippen molar-refractivity contribution in [2.24, 2.45) is 5.73 Å². The van der Waals surface area contributed by atoms with Crippen LogP contribution in [-0.2, 0) is 4.79 Å². The number of hydrogen-bond donors (Lipinski definition) is 1. The summed E-state index contributed by atoms with van der Waals surface area (Å²) in [6.07, 6.45) is 1.62. The second-order valence-electron chi connectivity index (χ2n) is 3.79. The van der Waals surface area contributed by atoms with E-state index in [-0.39, 0.29) is 24.2 Å². The van der Waals surface area contributed by atoms with E-state index >= 15 is 0 Å². The third kappa shape index (κ3) is 3.20. The van der Waals surface area contributed by atoms with Crippen LogP contribution >= 0.6 is 39.3 Å². The molecule has 1 aliphatic rings. The van der Waals surface area contributed by atoms with E-state index in [0.717, 1.165) is 21.1 Å². The SMILES string of the molecule is NCCN1C(=O)S/C(=C/c2ccc(Br)cc2Cl)C1=O. The Labute approximate surface area is 128 Å². The highest BCUT2D eigenvalue weighted by Crippen LogP contribution is 2.33. The average molecular weight is 362 g/mol. The molecular formula is C12H10BrClN2O2S. The van der Waals surface area contributed by atoms with E-state index in [1.165, 1.54) is 0 Å². The molecule has 1 aliphatic heterocycles. The predicted molar refractivity (Wildman–Crippen MR) is 80.9 cm³/mol. The van der Waals surface area contributed by atoms with Crippen molar-refractivity contribution in [2.75, 3.05) is 13.1 Å². The Morgan fingerprint density at radius 1 is 1.42 bits per heavy atom. The van der Waals surface area contributed by atoms with Gasteiger partial charge in [0.25, 0.3) is 11.1 Å². The molecule has 1 saturated heterocycles. The van der Waals surface area contributed by atoms with Gasteiger partial charge in [-0.2, -0.15) is 0 Å². The standard InChI is InChI=1S/C12H10BrClN2O2S/c13-8-2-1-7(9(14)6-8)5-10-11(17)16(4-3-15)12(18)19-10/h1-2,5-6H,3-4,15H2/b10-5+. The van der Waals surface area contributed by atoms with E-state index in [9.17, 15) is 9.59 Å². The normalized spacial score (nSPS) is 17.6. The lowest BCUT2D eigenvalue weighted by molar-refractivity contribution is -0.122. The van der Waals surface area contributed by atoms with Crippen molar-refractivity contribution in [1.29, 1.82) is 0 Å². The fourth-order valence-electron chi connectivity index (χ4n) is 1.58. The van der Waals surface area contributed by atoms with Crippen LogP contribution in [-0.4, -0.2) is 29.1 Å². The fraction of sp³-hybridized carbons (Fsp3) is 0.167. The minimum Gasteiger partial charge on any atom is -0.329 e. The lowest BCUT2D eigenvalue weighted by Gasteiger charge is -2.09. The number of halogens is 2. The zero-order chi connectivity index (χ0) is 14.0. The van der Waals surface area contributed by atoms with Gasteiger partial charge in [-0.25, -0.2) is 0 Å². The molecule has 100 valence electrons.